The van der Waals surface area contributed by atoms with Crippen molar-refractivity contribution in [2.75, 3.05) is 29.5 Å². The lowest BCUT2D eigenvalue weighted by Gasteiger charge is -2.28. The van der Waals surface area contributed by atoms with Crippen molar-refractivity contribution < 1.29 is 0 Å². The topological polar surface area (TPSA) is 3.24 Å². The van der Waals surface area contributed by atoms with Crippen molar-refractivity contribution in [2.45, 2.75) is 19.8 Å². The van der Waals surface area contributed by atoms with Gasteiger partial charge < -0.3 is 4.90 Å². The van der Waals surface area contributed by atoms with E-state index in [2.05, 4.69) is 54.8 Å². The Morgan fingerprint density at radius 1 is 1.07 bits per heavy atom. The van der Waals surface area contributed by atoms with Gasteiger partial charge in [0.2, 0.25) is 0 Å². The summed E-state index contributed by atoms with van der Waals surface area (Å²) in [7, 11) is 0. The van der Waals surface area contributed by atoms with Crippen LogP contribution >= 0.6 is 11.8 Å². The van der Waals surface area contributed by atoms with Crippen LogP contribution in [0.25, 0.3) is 0 Å². The van der Waals surface area contributed by atoms with Gasteiger partial charge in [-0.05, 0) is 23.6 Å². The molecule has 0 spiro atoms. The highest BCUT2D eigenvalue weighted by Gasteiger charge is 2.10. The minimum Gasteiger partial charge on any atom is -0.370 e. The van der Waals surface area contributed by atoms with E-state index in [1.54, 1.807) is 0 Å². The first kappa shape index (κ1) is 10.9. The zero-order valence-electron chi connectivity index (χ0n) is 9.57. The van der Waals surface area contributed by atoms with E-state index in [9.17, 15) is 0 Å². The average molecular weight is 221 g/mol. The van der Waals surface area contributed by atoms with Crippen LogP contribution in [0.15, 0.2) is 24.3 Å². The fourth-order valence-electron chi connectivity index (χ4n) is 1.89. The van der Waals surface area contributed by atoms with Crippen molar-refractivity contribution in [1.82, 2.24) is 0 Å². The molecule has 1 saturated heterocycles. The second-order valence-corrected chi connectivity index (χ2v) is 5.57. The molecule has 0 bridgehead atoms. The predicted molar refractivity (Wildman–Crippen MR) is 70.1 cm³/mol. The maximum atomic E-state index is 2.49. The van der Waals surface area contributed by atoms with Gasteiger partial charge in [-0.2, -0.15) is 11.8 Å². The number of anilines is 1. The van der Waals surface area contributed by atoms with Crippen LogP contribution in [0.1, 0.15) is 25.3 Å². The van der Waals surface area contributed by atoms with Gasteiger partial charge in [-0.3, -0.25) is 0 Å². The Bertz CT molecular complexity index is 299. The van der Waals surface area contributed by atoms with Gasteiger partial charge in [-0.25, -0.2) is 0 Å². The Balaban J connectivity index is 2.08. The molecule has 1 heterocycles. The zero-order chi connectivity index (χ0) is 10.7. The predicted octanol–water partition coefficient (Wildman–Crippen LogP) is 3.36. The van der Waals surface area contributed by atoms with Crippen LogP contribution in [-0.4, -0.2) is 24.6 Å². The van der Waals surface area contributed by atoms with Crippen molar-refractivity contribution in [3.63, 3.8) is 0 Å². The minimum atomic E-state index is 0.635. The standard InChI is InChI=1S/C13H19NS/c1-11(2)12-3-5-13(6-4-12)14-7-9-15-10-8-14/h3-6,11H,7-10H2,1-2H3. The molecule has 0 N–H and O–H groups in total. The second-order valence-electron chi connectivity index (χ2n) is 4.35. The summed E-state index contributed by atoms with van der Waals surface area (Å²) in [6.07, 6.45) is 0. The quantitative estimate of drug-likeness (QED) is 0.753. The Labute approximate surface area is 96.9 Å². The van der Waals surface area contributed by atoms with Gasteiger partial charge in [-0.1, -0.05) is 26.0 Å². The summed E-state index contributed by atoms with van der Waals surface area (Å²) in [4.78, 5) is 2.49. The summed E-state index contributed by atoms with van der Waals surface area (Å²) in [5.41, 5.74) is 2.82. The molecule has 1 aromatic carbocycles. The Morgan fingerprint density at radius 2 is 1.67 bits per heavy atom. The average Bonchev–Trinajstić information content (AvgIpc) is 2.30. The summed E-state index contributed by atoms with van der Waals surface area (Å²) in [5.74, 6) is 3.17. The molecule has 2 heteroatoms. The van der Waals surface area contributed by atoms with Crippen molar-refractivity contribution in [3.8, 4) is 0 Å². The summed E-state index contributed by atoms with van der Waals surface area (Å²) < 4.78 is 0. The van der Waals surface area contributed by atoms with E-state index in [0.717, 1.165) is 0 Å². The lowest BCUT2D eigenvalue weighted by molar-refractivity contribution is 0.848. The largest absolute Gasteiger partial charge is 0.370 e. The molecular weight excluding hydrogens is 202 g/mol. The van der Waals surface area contributed by atoms with Crippen LogP contribution < -0.4 is 4.90 Å². The molecular formula is C13H19NS. The Hall–Kier alpha value is -0.630. The Kier molecular flexibility index (Phi) is 3.57. The molecule has 0 unspecified atom stereocenters. The maximum absolute atomic E-state index is 2.49. The summed E-state index contributed by atoms with van der Waals surface area (Å²) >= 11 is 2.06. The first-order valence-electron chi connectivity index (χ1n) is 5.70. The number of nitrogens with zero attached hydrogens (tertiary/aromatic N) is 1. The molecule has 82 valence electrons. The molecule has 0 atom stereocenters. The molecule has 1 aromatic rings. The Morgan fingerprint density at radius 3 is 2.20 bits per heavy atom. The maximum Gasteiger partial charge on any atom is 0.0366 e. The van der Waals surface area contributed by atoms with E-state index in [1.165, 1.54) is 35.8 Å². The summed E-state index contributed by atoms with van der Waals surface area (Å²) in [6.45, 7) is 6.89. The van der Waals surface area contributed by atoms with Gasteiger partial charge in [-0.15, -0.1) is 0 Å². The van der Waals surface area contributed by atoms with Gasteiger partial charge in [0.25, 0.3) is 0 Å². The van der Waals surface area contributed by atoms with Gasteiger partial charge in [0, 0.05) is 30.3 Å². The van der Waals surface area contributed by atoms with Crippen molar-refractivity contribution in [1.29, 1.82) is 0 Å². The molecule has 1 aliphatic heterocycles. The van der Waals surface area contributed by atoms with E-state index in [4.69, 9.17) is 0 Å². The van der Waals surface area contributed by atoms with Gasteiger partial charge in [0.05, 0.1) is 0 Å². The van der Waals surface area contributed by atoms with E-state index in [0.29, 0.717) is 5.92 Å². The summed E-state index contributed by atoms with van der Waals surface area (Å²) in [6, 6.07) is 9.07. The van der Waals surface area contributed by atoms with E-state index >= 15 is 0 Å². The number of hydrogen-bond acceptors (Lipinski definition) is 2. The molecule has 0 aromatic heterocycles. The highest BCUT2D eigenvalue weighted by molar-refractivity contribution is 7.99. The molecule has 0 saturated carbocycles. The van der Waals surface area contributed by atoms with Crippen molar-refractivity contribution in [2.24, 2.45) is 0 Å². The number of hydrogen-bond donors (Lipinski definition) is 0. The molecule has 1 nitrogen and oxygen atoms in total. The molecule has 0 radical (unpaired) electrons. The highest BCUT2D eigenvalue weighted by Crippen LogP contribution is 2.22. The molecule has 0 amide bonds. The normalized spacial score (nSPS) is 17.1. The molecule has 1 fully saturated rings. The molecule has 0 aliphatic carbocycles. The second kappa shape index (κ2) is 4.93. The first-order valence-corrected chi connectivity index (χ1v) is 6.85. The lowest BCUT2D eigenvalue weighted by Crippen LogP contribution is -2.32. The van der Waals surface area contributed by atoms with E-state index in [1.807, 2.05) is 0 Å². The van der Waals surface area contributed by atoms with Gasteiger partial charge in [0.1, 0.15) is 0 Å². The fraction of sp³-hybridized carbons (Fsp3) is 0.538. The summed E-state index contributed by atoms with van der Waals surface area (Å²) in [5, 5.41) is 0. The third-order valence-corrected chi connectivity index (χ3v) is 3.88. The highest BCUT2D eigenvalue weighted by atomic mass is 32.2. The molecule has 15 heavy (non-hydrogen) atoms. The SMILES string of the molecule is CC(C)c1ccc(N2CCSCC2)cc1. The van der Waals surface area contributed by atoms with Crippen LogP contribution in [0.3, 0.4) is 0 Å². The third kappa shape index (κ3) is 2.69. The van der Waals surface area contributed by atoms with Crippen molar-refractivity contribution in [3.05, 3.63) is 29.8 Å². The third-order valence-electron chi connectivity index (χ3n) is 2.94. The van der Waals surface area contributed by atoms with Gasteiger partial charge in [0.15, 0.2) is 0 Å². The van der Waals surface area contributed by atoms with Gasteiger partial charge >= 0.3 is 0 Å². The molecule has 1 aliphatic rings. The van der Waals surface area contributed by atoms with Crippen molar-refractivity contribution >= 4 is 17.4 Å². The van der Waals surface area contributed by atoms with E-state index in [-0.39, 0.29) is 0 Å². The van der Waals surface area contributed by atoms with Crippen LogP contribution in [0.5, 0.6) is 0 Å². The zero-order valence-corrected chi connectivity index (χ0v) is 10.4. The number of rotatable bonds is 2. The minimum absolute atomic E-state index is 0.635. The lowest BCUT2D eigenvalue weighted by atomic mass is 10.0. The monoisotopic (exact) mass is 221 g/mol. The first-order chi connectivity index (χ1) is 7.27. The number of thioether (sulfide) groups is 1. The van der Waals surface area contributed by atoms with Crippen LogP contribution in [0, 0.1) is 0 Å². The van der Waals surface area contributed by atoms with Crippen LogP contribution in [-0.2, 0) is 0 Å². The van der Waals surface area contributed by atoms with Crippen LogP contribution in [0.4, 0.5) is 5.69 Å². The fourth-order valence-corrected chi connectivity index (χ4v) is 2.79. The molecule has 2 rings (SSSR count). The van der Waals surface area contributed by atoms with Crippen LogP contribution in [0.2, 0.25) is 0 Å². The smallest absolute Gasteiger partial charge is 0.0366 e. The van der Waals surface area contributed by atoms with E-state index < -0.39 is 0 Å². The number of benzene rings is 1.